The van der Waals surface area contributed by atoms with Crippen LogP contribution in [0.4, 0.5) is 13.2 Å². The lowest BCUT2D eigenvalue weighted by atomic mass is 9.92. The van der Waals surface area contributed by atoms with Crippen LogP contribution >= 0.6 is 0 Å². The molecule has 2 aromatic heterocycles. The number of carbonyl (C=O) groups excluding carboxylic acids is 1. The molecule has 0 spiro atoms. The van der Waals surface area contributed by atoms with Gasteiger partial charge in [-0.05, 0) is 50.3 Å². The molecule has 2 aliphatic rings. The topological polar surface area (TPSA) is 75.6 Å². The van der Waals surface area contributed by atoms with Crippen LogP contribution in [0.3, 0.4) is 0 Å². The molecule has 1 saturated heterocycles. The summed E-state index contributed by atoms with van der Waals surface area (Å²) in [5.74, 6) is 0.303. The third kappa shape index (κ3) is 5.15. The van der Waals surface area contributed by atoms with Gasteiger partial charge in [-0.3, -0.25) is 14.8 Å². The second-order valence-corrected chi connectivity index (χ2v) is 8.04. The molecule has 6 nitrogen and oxygen atoms in total. The lowest BCUT2D eigenvalue weighted by Crippen LogP contribution is -2.47. The highest BCUT2D eigenvalue weighted by atomic mass is 19.4. The number of nitrogens with zero attached hydrogens (tertiary/aromatic N) is 3. The molecule has 166 valence electrons. The Morgan fingerprint density at radius 2 is 2.00 bits per heavy atom. The number of piperidine rings is 1. The van der Waals surface area contributed by atoms with Crippen molar-refractivity contribution in [1.29, 1.82) is 0 Å². The van der Waals surface area contributed by atoms with E-state index in [1.807, 2.05) is 0 Å². The molecular weight excluding hydrogens is 411 g/mol. The summed E-state index contributed by atoms with van der Waals surface area (Å²) in [7, 11) is 0. The van der Waals surface area contributed by atoms with Gasteiger partial charge in [0.2, 0.25) is 5.91 Å². The fourth-order valence-electron chi connectivity index (χ4n) is 3.84. The van der Waals surface area contributed by atoms with E-state index < -0.39 is 23.9 Å². The molecule has 4 rings (SSSR count). The van der Waals surface area contributed by atoms with Gasteiger partial charge in [0.15, 0.2) is 0 Å². The van der Waals surface area contributed by atoms with E-state index in [4.69, 9.17) is 4.74 Å². The lowest BCUT2D eigenvalue weighted by molar-refractivity contribution is -0.138. The van der Waals surface area contributed by atoms with Gasteiger partial charge in [0.05, 0.1) is 24.1 Å². The van der Waals surface area contributed by atoms with Crippen molar-refractivity contribution in [3.8, 4) is 5.75 Å². The Balaban J connectivity index is 1.49. The molecule has 0 bridgehead atoms. The van der Waals surface area contributed by atoms with E-state index in [0.717, 1.165) is 37.9 Å². The van der Waals surface area contributed by atoms with Crippen LogP contribution in [0.15, 0.2) is 36.8 Å². The highest BCUT2D eigenvalue weighted by Crippen LogP contribution is 2.36. The molecule has 0 aromatic carbocycles. The number of pyridine rings is 2. The summed E-state index contributed by atoms with van der Waals surface area (Å²) in [6, 6.07) is 3.41. The summed E-state index contributed by atoms with van der Waals surface area (Å²) < 4.78 is 44.1. The molecule has 9 heteroatoms. The van der Waals surface area contributed by atoms with Crippen LogP contribution in [0.25, 0.3) is 0 Å². The molecule has 1 aliphatic carbocycles. The van der Waals surface area contributed by atoms with Gasteiger partial charge in [0.1, 0.15) is 11.9 Å². The first kappa shape index (κ1) is 21.5. The summed E-state index contributed by atoms with van der Waals surface area (Å²) in [5, 5.41) is 11.1. The third-order valence-electron chi connectivity index (χ3n) is 5.67. The van der Waals surface area contributed by atoms with Crippen LogP contribution in [-0.4, -0.2) is 44.6 Å². The second-order valence-electron chi connectivity index (χ2n) is 8.04. The van der Waals surface area contributed by atoms with Crippen LogP contribution in [-0.2, 0) is 17.4 Å². The second kappa shape index (κ2) is 8.82. The normalized spacial score (nSPS) is 20.4. The highest BCUT2D eigenvalue weighted by Gasteiger charge is 2.35. The summed E-state index contributed by atoms with van der Waals surface area (Å²) >= 11 is 0. The monoisotopic (exact) mass is 435 g/mol. The van der Waals surface area contributed by atoms with Crippen molar-refractivity contribution in [2.24, 2.45) is 0 Å². The highest BCUT2D eigenvalue weighted by molar-refractivity contribution is 5.79. The van der Waals surface area contributed by atoms with Crippen molar-refractivity contribution in [2.45, 2.75) is 63.0 Å². The van der Waals surface area contributed by atoms with Crippen molar-refractivity contribution in [1.82, 2.24) is 14.9 Å². The Morgan fingerprint density at radius 3 is 2.68 bits per heavy atom. The van der Waals surface area contributed by atoms with Crippen LogP contribution in [0, 0.1) is 0 Å². The molecular formula is C22H24F3N3O3. The van der Waals surface area contributed by atoms with Gasteiger partial charge >= 0.3 is 6.18 Å². The van der Waals surface area contributed by atoms with E-state index in [-0.39, 0.29) is 24.1 Å². The number of aliphatic hydroxyl groups is 1. The Labute approximate surface area is 178 Å². The molecule has 31 heavy (non-hydrogen) atoms. The van der Waals surface area contributed by atoms with Crippen LogP contribution in [0.1, 0.15) is 55.0 Å². The van der Waals surface area contributed by atoms with E-state index >= 15 is 0 Å². The fraction of sp³-hybridized carbons (Fsp3) is 0.500. The first-order valence-corrected chi connectivity index (χ1v) is 10.4. The minimum Gasteiger partial charge on any atom is -0.490 e. The van der Waals surface area contributed by atoms with Gasteiger partial charge in [0.25, 0.3) is 0 Å². The summed E-state index contributed by atoms with van der Waals surface area (Å²) in [6.07, 6.45) is 2.74. The van der Waals surface area contributed by atoms with Gasteiger partial charge in [-0.25, -0.2) is 0 Å². The van der Waals surface area contributed by atoms with Crippen LogP contribution < -0.4 is 4.74 Å². The number of alkyl halides is 3. The average Bonchev–Trinajstić information content (AvgIpc) is 3.57. The minimum absolute atomic E-state index is 0.125. The molecule has 2 atom stereocenters. The SMILES string of the molecule is O=C(Cc1ccc(C(F)(F)F)cn1)N1CCCCC1C(O)c1cnccc1OC1CC1. The van der Waals surface area contributed by atoms with Crippen molar-refractivity contribution in [3.63, 3.8) is 0 Å². The van der Waals surface area contributed by atoms with E-state index in [0.29, 0.717) is 24.3 Å². The van der Waals surface area contributed by atoms with Crippen molar-refractivity contribution >= 4 is 5.91 Å². The zero-order chi connectivity index (χ0) is 22.0. The summed E-state index contributed by atoms with van der Waals surface area (Å²) in [5.41, 5.74) is -0.0440. The van der Waals surface area contributed by atoms with Crippen molar-refractivity contribution in [3.05, 3.63) is 53.6 Å². The summed E-state index contributed by atoms with van der Waals surface area (Å²) in [4.78, 5) is 22.5. The zero-order valence-electron chi connectivity index (χ0n) is 16.9. The Kier molecular flexibility index (Phi) is 6.13. The maximum absolute atomic E-state index is 13.0. The number of likely N-dealkylation sites (tertiary alicyclic amines) is 1. The largest absolute Gasteiger partial charge is 0.490 e. The minimum atomic E-state index is -4.47. The van der Waals surface area contributed by atoms with E-state index in [2.05, 4.69) is 9.97 Å². The molecule has 0 radical (unpaired) electrons. The Morgan fingerprint density at radius 1 is 1.19 bits per heavy atom. The number of ether oxygens (including phenoxy) is 1. The molecule has 1 saturated carbocycles. The Hall–Kier alpha value is -2.68. The maximum Gasteiger partial charge on any atom is 0.417 e. The molecule has 1 amide bonds. The molecule has 2 aromatic rings. The number of hydrogen-bond donors (Lipinski definition) is 1. The molecule has 2 unspecified atom stereocenters. The lowest BCUT2D eigenvalue weighted by Gasteiger charge is -2.39. The predicted octanol–water partition coefficient (Wildman–Crippen LogP) is 3.69. The number of amides is 1. The van der Waals surface area contributed by atoms with Gasteiger partial charge in [-0.15, -0.1) is 0 Å². The van der Waals surface area contributed by atoms with Crippen LogP contribution in [0.5, 0.6) is 5.75 Å². The van der Waals surface area contributed by atoms with E-state index in [9.17, 15) is 23.1 Å². The summed E-state index contributed by atoms with van der Waals surface area (Å²) in [6.45, 7) is 0.472. The van der Waals surface area contributed by atoms with Gasteiger partial charge in [-0.2, -0.15) is 13.2 Å². The molecule has 3 heterocycles. The quantitative estimate of drug-likeness (QED) is 0.749. The average molecular weight is 435 g/mol. The Bertz CT molecular complexity index is 916. The third-order valence-corrected chi connectivity index (χ3v) is 5.67. The number of carbonyl (C=O) groups is 1. The number of hydrogen-bond acceptors (Lipinski definition) is 5. The molecule has 1 aliphatic heterocycles. The molecule has 1 N–H and O–H groups in total. The first-order chi connectivity index (χ1) is 14.8. The first-order valence-electron chi connectivity index (χ1n) is 10.4. The standard InChI is InChI=1S/C22H24F3N3O3/c23-22(24,25)14-4-5-15(27-12-14)11-20(29)28-10-2-1-3-18(28)21(30)17-13-26-9-8-19(17)31-16-6-7-16/h4-5,8-9,12-13,16,18,21,30H,1-3,6-7,10-11H2. The van der Waals surface area contributed by atoms with Gasteiger partial charge in [-0.1, -0.05) is 0 Å². The van der Waals surface area contributed by atoms with Gasteiger partial charge in [0, 0.05) is 36.4 Å². The van der Waals surface area contributed by atoms with E-state index in [1.165, 1.54) is 6.07 Å². The van der Waals surface area contributed by atoms with Crippen molar-refractivity contribution < 1.29 is 27.8 Å². The number of aromatic nitrogens is 2. The molecule has 2 fully saturated rings. The smallest absolute Gasteiger partial charge is 0.417 e. The predicted molar refractivity (Wildman–Crippen MR) is 105 cm³/mol. The zero-order valence-corrected chi connectivity index (χ0v) is 16.9. The fourth-order valence-corrected chi connectivity index (χ4v) is 3.84. The number of aliphatic hydroxyl groups excluding tert-OH is 1. The number of halogens is 3. The van der Waals surface area contributed by atoms with Crippen LogP contribution in [0.2, 0.25) is 0 Å². The van der Waals surface area contributed by atoms with Gasteiger partial charge < -0.3 is 14.7 Å². The van der Waals surface area contributed by atoms with Crippen molar-refractivity contribution in [2.75, 3.05) is 6.54 Å². The van der Waals surface area contributed by atoms with E-state index in [1.54, 1.807) is 23.4 Å². The number of rotatable bonds is 6. The maximum atomic E-state index is 13.0.